The molecule has 4 aliphatic carbocycles. The zero-order chi connectivity index (χ0) is 12.1. The maximum Gasteiger partial charge on any atom is 0.147 e. The molecule has 0 amide bonds. The fraction of sp³-hybridized carbons (Fsp3) is 1.00. The molecule has 4 bridgehead atoms. The van der Waals surface area contributed by atoms with E-state index in [0.717, 1.165) is 25.2 Å². The first kappa shape index (κ1) is 11.9. The second-order valence-electron chi connectivity index (χ2n) is 6.42. The van der Waals surface area contributed by atoms with Crippen molar-refractivity contribution in [2.24, 2.45) is 17.8 Å². The van der Waals surface area contributed by atoms with Crippen molar-refractivity contribution in [3.63, 3.8) is 0 Å². The first-order chi connectivity index (χ1) is 8.12. The van der Waals surface area contributed by atoms with E-state index in [-0.39, 0.29) is 5.60 Å². The van der Waals surface area contributed by atoms with Crippen molar-refractivity contribution in [2.75, 3.05) is 13.9 Å². The van der Waals surface area contributed by atoms with E-state index in [0.29, 0.717) is 18.6 Å². The lowest BCUT2D eigenvalue weighted by molar-refractivity contribution is -0.260. The van der Waals surface area contributed by atoms with Crippen molar-refractivity contribution >= 4 is 0 Å². The molecule has 4 saturated carbocycles. The van der Waals surface area contributed by atoms with Gasteiger partial charge in [-0.25, -0.2) is 0 Å². The van der Waals surface area contributed by atoms with Gasteiger partial charge in [0.25, 0.3) is 0 Å². The van der Waals surface area contributed by atoms with Crippen molar-refractivity contribution in [1.82, 2.24) is 0 Å². The molecule has 2 unspecified atom stereocenters. The number of ether oxygens (including phenoxy) is 2. The highest BCUT2D eigenvalue weighted by Crippen LogP contribution is 2.61. The topological polar surface area (TPSA) is 38.7 Å². The third kappa shape index (κ3) is 1.66. The molecular formula is C14H24O3. The zero-order valence-electron chi connectivity index (χ0n) is 10.9. The van der Waals surface area contributed by atoms with E-state index >= 15 is 0 Å². The Labute approximate surface area is 103 Å². The summed E-state index contributed by atoms with van der Waals surface area (Å²) in [6.07, 6.45) is 6.57. The summed E-state index contributed by atoms with van der Waals surface area (Å²) < 4.78 is 11.1. The van der Waals surface area contributed by atoms with Crippen LogP contribution >= 0.6 is 0 Å². The standard InChI is InChI=1S/C14H24O3/c1-3-14(15)11-4-10-5-12(14)8-13(6-10,7-11)17-9-16-2/h10-12,15H,3-9H2,1-2H3. The van der Waals surface area contributed by atoms with Crippen LogP contribution in [0.25, 0.3) is 0 Å². The van der Waals surface area contributed by atoms with Gasteiger partial charge < -0.3 is 14.6 Å². The molecule has 4 rings (SSSR count). The van der Waals surface area contributed by atoms with E-state index < -0.39 is 5.60 Å². The number of methoxy groups -OCH3 is 1. The highest BCUT2D eigenvalue weighted by atomic mass is 16.7. The number of rotatable bonds is 4. The van der Waals surface area contributed by atoms with Gasteiger partial charge in [0.1, 0.15) is 6.79 Å². The molecule has 4 aliphatic rings. The van der Waals surface area contributed by atoms with E-state index in [1.165, 1.54) is 19.3 Å². The van der Waals surface area contributed by atoms with Crippen LogP contribution < -0.4 is 0 Å². The number of aliphatic hydroxyl groups is 1. The van der Waals surface area contributed by atoms with Crippen LogP contribution in [-0.2, 0) is 9.47 Å². The van der Waals surface area contributed by atoms with E-state index in [2.05, 4.69) is 6.92 Å². The summed E-state index contributed by atoms with van der Waals surface area (Å²) in [6, 6.07) is 0. The molecule has 0 aromatic carbocycles. The quantitative estimate of drug-likeness (QED) is 0.766. The minimum atomic E-state index is -0.406. The van der Waals surface area contributed by atoms with Gasteiger partial charge in [-0.1, -0.05) is 6.92 Å². The molecule has 2 atom stereocenters. The summed E-state index contributed by atoms with van der Waals surface area (Å²) in [5.74, 6) is 1.68. The van der Waals surface area contributed by atoms with Crippen LogP contribution in [0.15, 0.2) is 0 Å². The van der Waals surface area contributed by atoms with Crippen LogP contribution in [0.1, 0.15) is 45.4 Å². The van der Waals surface area contributed by atoms with E-state index in [1.807, 2.05) is 0 Å². The van der Waals surface area contributed by atoms with Crippen molar-refractivity contribution in [3.05, 3.63) is 0 Å². The van der Waals surface area contributed by atoms with Crippen molar-refractivity contribution in [1.29, 1.82) is 0 Å². The fourth-order valence-electron chi connectivity index (χ4n) is 4.94. The highest BCUT2D eigenvalue weighted by molar-refractivity contribution is 5.12. The molecule has 4 fully saturated rings. The normalized spacial score (nSPS) is 52.1. The van der Waals surface area contributed by atoms with Gasteiger partial charge in [0, 0.05) is 7.11 Å². The summed E-state index contributed by atoms with van der Waals surface area (Å²) in [5.41, 5.74) is -0.384. The third-order valence-electron chi connectivity index (χ3n) is 5.60. The molecule has 98 valence electrons. The molecule has 1 N–H and O–H groups in total. The van der Waals surface area contributed by atoms with Crippen molar-refractivity contribution in [3.8, 4) is 0 Å². The Hall–Kier alpha value is -0.120. The minimum absolute atomic E-state index is 0.0217. The first-order valence-electron chi connectivity index (χ1n) is 6.97. The summed E-state index contributed by atoms with van der Waals surface area (Å²) in [7, 11) is 1.68. The molecule has 0 saturated heterocycles. The zero-order valence-corrected chi connectivity index (χ0v) is 10.9. The monoisotopic (exact) mass is 240 g/mol. The first-order valence-corrected chi connectivity index (χ1v) is 6.97. The van der Waals surface area contributed by atoms with E-state index in [4.69, 9.17) is 9.47 Å². The Bertz CT molecular complexity index is 286. The molecule has 0 spiro atoms. The average molecular weight is 240 g/mol. The second-order valence-corrected chi connectivity index (χ2v) is 6.42. The Morgan fingerprint density at radius 3 is 2.35 bits per heavy atom. The molecule has 0 aromatic heterocycles. The second kappa shape index (κ2) is 3.94. The lowest BCUT2D eigenvalue weighted by atomic mass is 9.47. The molecule has 3 heteroatoms. The van der Waals surface area contributed by atoms with Gasteiger partial charge in [0.15, 0.2) is 0 Å². The third-order valence-corrected chi connectivity index (χ3v) is 5.60. The van der Waals surface area contributed by atoms with Crippen LogP contribution in [0.2, 0.25) is 0 Å². The molecule has 0 aliphatic heterocycles. The van der Waals surface area contributed by atoms with Crippen LogP contribution in [0.5, 0.6) is 0 Å². The summed E-state index contributed by atoms with van der Waals surface area (Å²) in [5, 5.41) is 10.9. The SMILES string of the molecule is CCC1(O)C2CC3CC1CC(OCOC)(C3)C2. The van der Waals surface area contributed by atoms with Gasteiger partial charge in [-0.3, -0.25) is 0 Å². The van der Waals surface area contributed by atoms with Crippen LogP contribution in [0, 0.1) is 17.8 Å². The molecular weight excluding hydrogens is 216 g/mol. The van der Waals surface area contributed by atoms with Gasteiger partial charge in [0.05, 0.1) is 11.2 Å². The van der Waals surface area contributed by atoms with Crippen molar-refractivity contribution < 1.29 is 14.6 Å². The van der Waals surface area contributed by atoms with Gasteiger partial charge in [-0.15, -0.1) is 0 Å². The highest BCUT2D eigenvalue weighted by Gasteiger charge is 2.61. The van der Waals surface area contributed by atoms with E-state index in [9.17, 15) is 5.11 Å². The van der Waals surface area contributed by atoms with Crippen LogP contribution in [0.4, 0.5) is 0 Å². The number of hydrogen-bond donors (Lipinski definition) is 1. The Morgan fingerprint density at radius 1 is 1.18 bits per heavy atom. The molecule has 0 heterocycles. The minimum Gasteiger partial charge on any atom is -0.389 e. The van der Waals surface area contributed by atoms with Crippen molar-refractivity contribution in [2.45, 2.75) is 56.7 Å². The van der Waals surface area contributed by atoms with Gasteiger partial charge in [0.2, 0.25) is 0 Å². The van der Waals surface area contributed by atoms with Crippen LogP contribution in [0.3, 0.4) is 0 Å². The maximum atomic E-state index is 10.9. The molecule has 3 nitrogen and oxygen atoms in total. The lowest BCUT2D eigenvalue weighted by Crippen LogP contribution is -2.64. The van der Waals surface area contributed by atoms with Crippen LogP contribution in [-0.4, -0.2) is 30.2 Å². The Morgan fingerprint density at radius 2 is 1.82 bits per heavy atom. The summed E-state index contributed by atoms with van der Waals surface area (Å²) in [4.78, 5) is 0. The predicted molar refractivity (Wildman–Crippen MR) is 64.5 cm³/mol. The lowest BCUT2D eigenvalue weighted by Gasteiger charge is -2.63. The van der Waals surface area contributed by atoms with E-state index in [1.54, 1.807) is 7.11 Å². The predicted octanol–water partition coefficient (Wildman–Crippen LogP) is 2.33. The smallest absolute Gasteiger partial charge is 0.147 e. The fourth-order valence-corrected chi connectivity index (χ4v) is 4.94. The van der Waals surface area contributed by atoms with Gasteiger partial charge in [-0.05, 0) is 56.3 Å². The molecule has 0 radical (unpaired) electrons. The average Bonchev–Trinajstić information content (AvgIpc) is 2.32. The van der Waals surface area contributed by atoms with Gasteiger partial charge in [-0.2, -0.15) is 0 Å². The molecule has 0 aromatic rings. The summed E-state index contributed by atoms with van der Waals surface area (Å²) in [6.45, 7) is 2.53. The maximum absolute atomic E-state index is 10.9. The Kier molecular flexibility index (Phi) is 2.77. The summed E-state index contributed by atoms with van der Waals surface area (Å²) >= 11 is 0. The number of hydrogen-bond acceptors (Lipinski definition) is 3. The molecule has 17 heavy (non-hydrogen) atoms. The largest absolute Gasteiger partial charge is 0.389 e. The van der Waals surface area contributed by atoms with Gasteiger partial charge >= 0.3 is 0 Å². The Balaban J connectivity index is 1.82.